The van der Waals surface area contributed by atoms with Gasteiger partial charge >= 0.3 is 5.97 Å². The molecule has 1 aliphatic rings. The number of carbonyl (C=O) groups is 2. The molecule has 0 spiro atoms. The molecule has 2 heterocycles. The van der Waals surface area contributed by atoms with Gasteiger partial charge in [-0.15, -0.1) is 11.3 Å². The van der Waals surface area contributed by atoms with Crippen molar-refractivity contribution in [3.63, 3.8) is 0 Å². The highest BCUT2D eigenvalue weighted by Gasteiger charge is 2.27. The number of rotatable bonds is 12. The van der Waals surface area contributed by atoms with Crippen LogP contribution in [-0.2, 0) is 32.1 Å². The molecule has 1 saturated heterocycles. The Balaban J connectivity index is 1.47. The van der Waals surface area contributed by atoms with E-state index in [1.165, 1.54) is 11.3 Å². The van der Waals surface area contributed by atoms with Crippen LogP contribution in [-0.4, -0.2) is 36.2 Å². The van der Waals surface area contributed by atoms with Gasteiger partial charge in [0.25, 0.3) is 0 Å². The summed E-state index contributed by atoms with van der Waals surface area (Å²) in [6.45, 7) is 6.88. The van der Waals surface area contributed by atoms with Gasteiger partial charge in [0.15, 0.2) is 0 Å². The third-order valence-electron chi connectivity index (χ3n) is 6.41. The Hall–Kier alpha value is -3.75. The van der Waals surface area contributed by atoms with Crippen molar-refractivity contribution >= 4 is 29.3 Å². The van der Waals surface area contributed by atoms with Crippen molar-refractivity contribution < 1.29 is 23.8 Å². The van der Waals surface area contributed by atoms with E-state index in [0.717, 1.165) is 46.0 Å². The second kappa shape index (κ2) is 14.6. The van der Waals surface area contributed by atoms with Gasteiger partial charge in [0.1, 0.15) is 23.5 Å². The van der Waals surface area contributed by atoms with Crippen LogP contribution in [0.15, 0.2) is 77.2 Å². The lowest BCUT2D eigenvalue weighted by Gasteiger charge is -2.19. The quantitative estimate of drug-likeness (QED) is 0.161. The predicted octanol–water partition coefficient (Wildman–Crippen LogP) is 6.21. The Kier molecular flexibility index (Phi) is 10.7. The van der Waals surface area contributed by atoms with E-state index in [1.54, 1.807) is 19.9 Å². The molecule has 1 fully saturated rings. The van der Waals surface area contributed by atoms with Crippen LogP contribution in [0.4, 0.5) is 0 Å². The number of ether oxygens (including phenoxy) is 3. The molecule has 1 aliphatic heterocycles. The molecule has 2 atom stereocenters. The van der Waals surface area contributed by atoms with E-state index < -0.39 is 6.10 Å². The average Bonchev–Trinajstić information content (AvgIpc) is 3.66. The fraction of sp³-hybridized carbons (Fsp3) is 0.344. The number of hydrogen-bond donors (Lipinski definition) is 1. The van der Waals surface area contributed by atoms with Crippen molar-refractivity contribution in [2.45, 2.75) is 58.8 Å². The molecule has 0 saturated carbocycles. The SMILES string of the molecule is CCOC(=O)C(C)=CC(C)=Cc1csc([C@H](Cc2ccc(OCc3ccccc3)cc2)NC(=O)C2CCCO2)n1. The number of nitrogens with zero attached hydrogens (tertiary/aromatic N) is 1. The maximum Gasteiger partial charge on any atom is 0.333 e. The van der Waals surface area contributed by atoms with Crippen molar-refractivity contribution in [3.05, 3.63) is 99.0 Å². The number of amides is 1. The first kappa shape index (κ1) is 29.2. The molecule has 1 amide bonds. The maximum absolute atomic E-state index is 13.0. The molecule has 210 valence electrons. The first-order valence-corrected chi connectivity index (χ1v) is 14.5. The number of allylic oxidation sites excluding steroid dienone is 2. The molecule has 7 nitrogen and oxygen atoms in total. The van der Waals surface area contributed by atoms with E-state index >= 15 is 0 Å². The molecule has 3 aromatic rings. The minimum Gasteiger partial charge on any atom is -0.489 e. The fourth-order valence-electron chi connectivity index (χ4n) is 4.39. The molecule has 40 heavy (non-hydrogen) atoms. The van der Waals surface area contributed by atoms with Gasteiger partial charge in [-0.2, -0.15) is 0 Å². The zero-order chi connectivity index (χ0) is 28.3. The standard InChI is InChI=1S/C32H36N2O5S/c1-4-37-32(36)23(3)17-22(2)18-26-21-40-31(33-26)28(34-30(35)29-11-8-16-38-29)19-24-12-14-27(15-13-24)39-20-25-9-6-5-7-10-25/h5-7,9-10,12-15,17-18,21,28-29H,4,8,11,16,19-20H2,1-3H3,(H,34,35)/t28-,29?/m0/s1. The molecular weight excluding hydrogens is 524 g/mol. The van der Waals surface area contributed by atoms with Gasteiger partial charge in [0.2, 0.25) is 5.91 Å². The molecule has 4 rings (SSSR count). The highest BCUT2D eigenvalue weighted by molar-refractivity contribution is 7.09. The molecule has 8 heteroatoms. The number of hydrogen-bond acceptors (Lipinski definition) is 7. The van der Waals surface area contributed by atoms with E-state index in [1.807, 2.05) is 73.0 Å². The summed E-state index contributed by atoms with van der Waals surface area (Å²) in [5.41, 5.74) is 4.35. The van der Waals surface area contributed by atoms with Gasteiger partial charge in [0.05, 0.1) is 18.3 Å². The Morgan fingerprint density at radius 3 is 2.60 bits per heavy atom. The van der Waals surface area contributed by atoms with Crippen LogP contribution in [0, 0.1) is 0 Å². The molecular formula is C32H36N2O5S. The summed E-state index contributed by atoms with van der Waals surface area (Å²) in [4.78, 5) is 29.7. The monoisotopic (exact) mass is 560 g/mol. The predicted molar refractivity (Wildman–Crippen MR) is 157 cm³/mol. The third kappa shape index (κ3) is 8.63. The van der Waals surface area contributed by atoms with Gasteiger partial charge < -0.3 is 19.5 Å². The highest BCUT2D eigenvalue weighted by atomic mass is 32.1. The molecule has 0 bridgehead atoms. The van der Waals surface area contributed by atoms with E-state index in [2.05, 4.69) is 5.32 Å². The Labute approximate surface area is 239 Å². The normalized spacial score (nSPS) is 16.4. The lowest BCUT2D eigenvalue weighted by molar-refractivity contribution is -0.138. The first-order chi connectivity index (χ1) is 19.4. The fourth-order valence-corrected chi connectivity index (χ4v) is 5.22. The van der Waals surface area contributed by atoms with E-state index in [-0.39, 0.29) is 17.9 Å². The Morgan fingerprint density at radius 2 is 1.90 bits per heavy atom. The van der Waals surface area contributed by atoms with Crippen molar-refractivity contribution in [1.82, 2.24) is 10.3 Å². The molecule has 1 aromatic heterocycles. The van der Waals surface area contributed by atoms with Crippen LogP contribution in [0.1, 0.15) is 61.5 Å². The van der Waals surface area contributed by atoms with E-state index in [4.69, 9.17) is 19.2 Å². The van der Waals surface area contributed by atoms with Gasteiger partial charge in [-0.3, -0.25) is 4.79 Å². The number of thiazole rings is 1. The van der Waals surface area contributed by atoms with Crippen LogP contribution >= 0.6 is 11.3 Å². The van der Waals surface area contributed by atoms with Crippen LogP contribution in [0.5, 0.6) is 5.75 Å². The summed E-state index contributed by atoms with van der Waals surface area (Å²) in [5.74, 6) is 0.347. The second-order valence-corrected chi connectivity index (χ2v) is 10.6. The summed E-state index contributed by atoms with van der Waals surface area (Å²) in [7, 11) is 0. The average molecular weight is 561 g/mol. The van der Waals surface area contributed by atoms with Crippen molar-refractivity contribution in [1.29, 1.82) is 0 Å². The molecule has 1 unspecified atom stereocenters. The summed E-state index contributed by atoms with van der Waals surface area (Å²) >= 11 is 1.50. The molecule has 2 aromatic carbocycles. The van der Waals surface area contributed by atoms with Crippen LogP contribution in [0.2, 0.25) is 0 Å². The number of benzene rings is 2. The van der Waals surface area contributed by atoms with E-state index in [0.29, 0.717) is 31.8 Å². The summed E-state index contributed by atoms with van der Waals surface area (Å²) in [6.07, 6.45) is 5.47. The highest BCUT2D eigenvalue weighted by Crippen LogP contribution is 2.26. The summed E-state index contributed by atoms with van der Waals surface area (Å²) < 4.78 is 16.6. The van der Waals surface area contributed by atoms with E-state index in [9.17, 15) is 9.59 Å². The van der Waals surface area contributed by atoms with Gasteiger partial charge in [-0.25, -0.2) is 9.78 Å². The number of nitrogens with one attached hydrogen (secondary N) is 1. The summed E-state index contributed by atoms with van der Waals surface area (Å²) in [6, 6.07) is 17.7. The lowest BCUT2D eigenvalue weighted by Crippen LogP contribution is -2.37. The topological polar surface area (TPSA) is 86.8 Å². The van der Waals surface area contributed by atoms with Crippen molar-refractivity contribution in [3.8, 4) is 5.75 Å². The summed E-state index contributed by atoms with van der Waals surface area (Å²) in [5, 5.41) is 5.93. The Bertz CT molecular complexity index is 1320. The minimum atomic E-state index is -0.422. The smallest absolute Gasteiger partial charge is 0.333 e. The number of esters is 1. The molecule has 0 aliphatic carbocycles. The molecule has 0 radical (unpaired) electrons. The van der Waals surface area contributed by atoms with Crippen LogP contribution in [0.25, 0.3) is 6.08 Å². The largest absolute Gasteiger partial charge is 0.489 e. The van der Waals surface area contributed by atoms with Crippen LogP contribution in [0.3, 0.4) is 0 Å². The molecule has 1 N–H and O–H groups in total. The zero-order valence-corrected chi connectivity index (χ0v) is 24.0. The second-order valence-electron chi connectivity index (χ2n) is 9.73. The van der Waals surface area contributed by atoms with Gasteiger partial charge in [0, 0.05) is 17.6 Å². The zero-order valence-electron chi connectivity index (χ0n) is 23.2. The van der Waals surface area contributed by atoms with Crippen molar-refractivity contribution in [2.24, 2.45) is 0 Å². The van der Waals surface area contributed by atoms with Gasteiger partial charge in [-0.05, 0) is 81.0 Å². The van der Waals surface area contributed by atoms with Crippen LogP contribution < -0.4 is 10.1 Å². The van der Waals surface area contributed by atoms with Gasteiger partial charge in [-0.1, -0.05) is 42.5 Å². The van der Waals surface area contributed by atoms with Crippen molar-refractivity contribution in [2.75, 3.05) is 13.2 Å². The third-order valence-corrected chi connectivity index (χ3v) is 7.38. The lowest BCUT2D eigenvalue weighted by atomic mass is 10.1. The Morgan fingerprint density at radius 1 is 1.12 bits per heavy atom. The minimum absolute atomic E-state index is 0.109. The number of aromatic nitrogens is 1. The maximum atomic E-state index is 13.0. The first-order valence-electron chi connectivity index (χ1n) is 13.6. The number of carbonyl (C=O) groups excluding carboxylic acids is 2.